The first-order valence-electron chi connectivity index (χ1n) is 8.01. The highest BCUT2D eigenvalue weighted by molar-refractivity contribution is 5.92. The first kappa shape index (κ1) is 13.7. The van der Waals surface area contributed by atoms with Crippen LogP contribution in [0.25, 0.3) is 0 Å². The predicted octanol–water partition coefficient (Wildman–Crippen LogP) is 2.26. The van der Waals surface area contributed by atoms with Gasteiger partial charge in [0.2, 0.25) is 0 Å². The number of aromatic amines is 1. The van der Waals surface area contributed by atoms with Crippen molar-refractivity contribution in [3.63, 3.8) is 0 Å². The Hall–Kier alpha value is -1.92. The zero-order valence-electron chi connectivity index (χ0n) is 12.4. The van der Waals surface area contributed by atoms with Crippen molar-refractivity contribution in [2.24, 2.45) is 23.2 Å². The van der Waals surface area contributed by atoms with E-state index in [9.17, 15) is 14.9 Å². The Morgan fingerprint density at radius 1 is 1.32 bits per heavy atom. The fraction of sp³-hybridized carbons (Fsp3) is 0.733. The molecule has 5 rings (SSSR count). The first-order chi connectivity index (χ1) is 10.5. The molecule has 7 heteroatoms. The Bertz CT molecular complexity index is 589. The highest BCUT2D eigenvalue weighted by atomic mass is 16.6. The van der Waals surface area contributed by atoms with Crippen LogP contribution >= 0.6 is 0 Å². The number of carbonyl (C=O) groups excluding carboxylic acids is 1. The molecule has 0 atom stereocenters. The maximum absolute atomic E-state index is 12.2. The van der Waals surface area contributed by atoms with E-state index in [1.807, 2.05) is 0 Å². The van der Waals surface area contributed by atoms with Gasteiger partial charge in [-0.2, -0.15) is 0 Å². The van der Waals surface area contributed by atoms with E-state index in [-0.39, 0.29) is 22.8 Å². The van der Waals surface area contributed by atoms with Crippen LogP contribution in [-0.2, 0) is 0 Å². The standard InChI is InChI=1S/C15H20N4O3/c20-14(12-4-13(18-17-12)19(21)22)16-8-15-5-9-1-10(6-15)3-11(2-9)7-15/h4,9-11H,1-3,5-8H2,(H,16,20)(H,17,18). The van der Waals surface area contributed by atoms with E-state index >= 15 is 0 Å². The van der Waals surface area contributed by atoms with Crippen LogP contribution in [0.2, 0.25) is 0 Å². The summed E-state index contributed by atoms with van der Waals surface area (Å²) >= 11 is 0. The molecule has 0 saturated heterocycles. The van der Waals surface area contributed by atoms with E-state index in [1.54, 1.807) is 0 Å². The largest absolute Gasteiger partial charge is 0.358 e. The fourth-order valence-electron chi connectivity index (χ4n) is 5.39. The average molecular weight is 304 g/mol. The van der Waals surface area contributed by atoms with Crippen LogP contribution in [0, 0.1) is 33.3 Å². The van der Waals surface area contributed by atoms with Crippen LogP contribution in [0.1, 0.15) is 49.0 Å². The lowest BCUT2D eigenvalue weighted by Gasteiger charge is -2.56. The monoisotopic (exact) mass is 304 g/mol. The molecule has 0 radical (unpaired) electrons. The van der Waals surface area contributed by atoms with E-state index in [0.717, 1.165) is 17.8 Å². The molecule has 4 saturated carbocycles. The number of rotatable bonds is 4. The predicted molar refractivity (Wildman–Crippen MR) is 78.2 cm³/mol. The first-order valence-corrected chi connectivity index (χ1v) is 8.01. The molecule has 0 aliphatic heterocycles. The van der Waals surface area contributed by atoms with Crippen molar-refractivity contribution in [1.82, 2.24) is 15.5 Å². The number of amides is 1. The number of H-pyrrole nitrogens is 1. The van der Waals surface area contributed by atoms with E-state index in [2.05, 4.69) is 15.5 Å². The van der Waals surface area contributed by atoms with E-state index in [1.165, 1.54) is 44.6 Å². The summed E-state index contributed by atoms with van der Waals surface area (Å²) in [4.78, 5) is 22.2. The summed E-state index contributed by atoms with van der Waals surface area (Å²) in [5, 5.41) is 19.6. The lowest BCUT2D eigenvalue weighted by Crippen LogP contribution is -2.51. The van der Waals surface area contributed by atoms with E-state index < -0.39 is 4.92 Å². The summed E-state index contributed by atoms with van der Waals surface area (Å²) in [5.74, 6) is 1.96. The van der Waals surface area contributed by atoms with Crippen LogP contribution < -0.4 is 5.32 Å². The van der Waals surface area contributed by atoms with Crippen molar-refractivity contribution < 1.29 is 9.72 Å². The molecule has 1 heterocycles. The normalized spacial score (nSPS) is 35.5. The van der Waals surface area contributed by atoms with E-state index in [0.29, 0.717) is 6.54 Å². The molecule has 2 N–H and O–H groups in total. The Morgan fingerprint density at radius 3 is 2.41 bits per heavy atom. The minimum atomic E-state index is -0.580. The quantitative estimate of drug-likeness (QED) is 0.658. The van der Waals surface area contributed by atoms with Crippen LogP contribution in [0.4, 0.5) is 5.82 Å². The van der Waals surface area contributed by atoms with Gasteiger partial charge in [0.05, 0.1) is 6.07 Å². The van der Waals surface area contributed by atoms with Gasteiger partial charge in [0.15, 0.2) is 5.69 Å². The van der Waals surface area contributed by atoms with Crippen molar-refractivity contribution in [2.45, 2.75) is 38.5 Å². The molecule has 1 aromatic rings. The topological polar surface area (TPSA) is 101 Å². The Labute approximate surface area is 128 Å². The van der Waals surface area contributed by atoms with Gasteiger partial charge in [-0.1, -0.05) is 5.10 Å². The number of nitrogens with zero attached hydrogens (tertiary/aromatic N) is 2. The maximum atomic E-state index is 12.2. The lowest BCUT2D eigenvalue weighted by atomic mass is 9.49. The van der Waals surface area contributed by atoms with Crippen molar-refractivity contribution in [3.05, 3.63) is 21.9 Å². The van der Waals surface area contributed by atoms with Gasteiger partial charge in [-0.25, -0.2) is 0 Å². The summed E-state index contributed by atoms with van der Waals surface area (Å²) in [5.41, 5.74) is 0.351. The SMILES string of the molecule is O=C(NCC12CC3CC(CC(C3)C1)C2)c1cc([N+](=O)[O-])[nH]n1. The van der Waals surface area contributed by atoms with Gasteiger partial charge in [0.1, 0.15) is 0 Å². The molecule has 4 aliphatic rings. The molecule has 1 amide bonds. The molecule has 4 aliphatic carbocycles. The van der Waals surface area contributed by atoms with Crippen LogP contribution in [-0.4, -0.2) is 27.6 Å². The van der Waals surface area contributed by atoms with Gasteiger partial charge < -0.3 is 15.4 Å². The molecule has 1 aromatic heterocycles. The smallest absolute Gasteiger partial charge is 0.343 e. The summed E-state index contributed by atoms with van der Waals surface area (Å²) in [6.45, 7) is 0.677. The molecular weight excluding hydrogens is 284 g/mol. The number of nitro groups is 1. The summed E-state index contributed by atoms with van der Waals surface area (Å²) in [6.07, 6.45) is 7.79. The van der Waals surface area contributed by atoms with Gasteiger partial charge in [-0.05, 0) is 66.6 Å². The summed E-state index contributed by atoms with van der Waals surface area (Å²) in [6, 6.07) is 1.19. The number of nitrogens with one attached hydrogen (secondary N) is 2. The minimum Gasteiger partial charge on any atom is -0.358 e. The Morgan fingerprint density at radius 2 is 1.91 bits per heavy atom. The molecular formula is C15H20N4O3. The van der Waals surface area contributed by atoms with Crippen molar-refractivity contribution in [1.29, 1.82) is 0 Å². The minimum absolute atomic E-state index is 0.0939. The summed E-state index contributed by atoms with van der Waals surface area (Å²) < 4.78 is 0. The number of hydrogen-bond acceptors (Lipinski definition) is 4. The van der Waals surface area contributed by atoms with Crippen molar-refractivity contribution in [3.8, 4) is 0 Å². The molecule has 0 spiro atoms. The van der Waals surface area contributed by atoms with Gasteiger partial charge >= 0.3 is 5.82 Å². The van der Waals surface area contributed by atoms with Gasteiger partial charge in [0, 0.05) is 6.54 Å². The molecule has 22 heavy (non-hydrogen) atoms. The van der Waals surface area contributed by atoms with Crippen LogP contribution in [0.15, 0.2) is 6.07 Å². The average Bonchev–Trinajstić information content (AvgIpc) is 2.93. The Balaban J connectivity index is 1.41. The second-order valence-corrected chi connectivity index (χ2v) is 7.50. The Kier molecular flexibility index (Phi) is 2.99. The highest BCUT2D eigenvalue weighted by Gasteiger charge is 2.50. The van der Waals surface area contributed by atoms with E-state index in [4.69, 9.17) is 0 Å². The second-order valence-electron chi connectivity index (χ2n) is 7.50. The van der Waals surface area contributed by atoms with Crippen molar-refractivity contribution >= 4 is 11.7 Å². The number of aromatic nitrogens is 2. The lowest BCUT2D eigenvalue weighted by molar-refractivity contribution is -0.389. The summed E-state index contributed by atoms with van der Waals surface area (Å²) in [7, 11) is 0. The van der Waals surface area contributed by atoms with Crippen LogP contribution in [0.5, 0.6) is 0 Å². The van der Waals surface area contributed by atoms with Gasteiger partial charge in [-0.15, -0.1) is 5.10 Å². The van der Waals surface area contributed by atoms with Gasteiger partial charge in [0.25, 0.3) is 5.91 Å². The zero-order chi connectivity index (χ0) is 15.3. The number of hydrogen-bond donors (Lipinski definition) is 2. The molecule has 4 bridgehead atoms. The third kappa shape index (κ3) is 2.28. The highest BCUT2D eigenvalue weighted by Crippen LogP contribution is 2.59. The second kappa shape index (κ2) is 4.79. The number of carbonyl (C=O) groups is 1. The zero-order valence-corrected chi connectivity index (χ0v) is 12.4. The van der Waals surface area contributed by atoms with Gasteiger partial charge in [-0.3, -0.25) is 4.79 Å². The maximum Gasteiger partial charge on any atom is 0.343 e. The molecule has 0 aromatic carbocycles. The third-order valence-electron chi connectivity index (χ3n) is 5.78. The van der Waals surface area contributed by atoms with Crippen molar-refractivity contribution in [2.75, 3.05) is 6.54 Å². The molecule has 7 nitrogen and oxygen atoms in total. The third-order valence-corrected chi connectivity index (χ3v) is 5.78. The molecule has 118 valence electrons. The van der Waals surface area contributed by atoms with Crippen LogP contribution in [0.3, 0.4) is 0 Å². The fourth-order valence-corrected chi connectivity index (χ4v) is 5.39. The molecule has 4 fully saturated rings. The molecule has 0 unspecified atom stereocenters.